The minimum absolute atomic E-state index is 0.0647. The van der Waals surface area contributed by atoms with E-state index in [4.69, 9.17) is 0 Å². The van der Waals surface area contributed by atoms with Gasteiger partial charge in [0.1, 0.15) is 0 Å². The molecule has 2 aliphatic rings. The van der Waals surface area contributed by atoms with E-state index < -0.39 is 0 Å². The zero-order chi connectivity index (χ0) is 17.8. The summed E-state index contributed by atoms with van der Waals surface area (Å²) in [4.78, 5) is 30.9. The van der Waals surface area contributed by atoms with Crippen molar-refractivity contribution in [3.05, 3.63) is 44.1 Å². The van der Waals surface area contributed by atoms with Gasteiger partial charge in [-0.2, -0.15) is 0 Å². The number of fused-ring (bicyclic) bond motifs is 2. The number of rotatable bonds is 2. The molecular weight excluding hydrogens is 314 g/mol. The fourth-order valence-corrected chi connectivity index (χ4v) is 4.38. The van der Waals surface area contributed by atoms with Gasteiger partial charge in [-0.1, -0.05) is 0 Å². The summed E-state index contributed by atoms with van der Waals surface area (Å²) in [7, 11) is 0. The molecule has 0 saturated carbocycles. The molecule has 1 aromatic heterocycles. The maximum absolute atomic E-state index is 13.0. The van der Waals surface area contributed by atoms with Crippen LogP contribution < -0.4 is 11.2 Å². The van der Waals surface area contributed by atoms with Gasteiger partial charge < -0.3 is 4.98 Å². The minimum atomic E-state index is -0.283. The maximum Gasteiger partial charge on any atom is 0.328 e. The molecule has 0 amide bonds. The highest BCUT2D eigenvalue weighted by atomic mass is 16.2. The Labute approximate surface area is 147 Å². The van der Waals surface area contributed by atoms with Gasteiger partial charge in [-0.05, 0) is 76.1 Å². The average molecular weight is 341 g/mol. The van der Waals surface area contributed by atoms with Crippen molar-refractivity contribution in [3.8, 4) is 0 Å². The number of benzene rings is 1. The summed E-state index contributed by atoms with van der Waals surface area (Å²) in [5, 5.41) is 0.655. The van der Waals surface area contributed by atoms with Crippen molar-refractivity contribution in [1.29, 1.82) is 0 Å². The number of nitrogens with one attached hydrogen (secondary N) is 1. The summed E-state index contributed by atoms with van der Waals surface area (Å²) in [6, 6.07) is 4.29. The summed E-state index contributed by atoms with van der Waals surface area (Å²) >= 11 is 0. The molecule has 1 aliphatic heterocycles. The molecule has 2 heterocycles. The molecule has 0 bridgehead atoms. The van der Waals surface area contributed by atoms with Gasteiger partial charge in [-0.3, -0.25) is 14.3 Å². The fraction of sp³-hybridized carbons (Fsp3) is 0.600. The number of H-pyrrole nitrogens is 1. The second kappa shape index (κ2) is 5.84. The number of aromatic amines is 1. The van der Waals surface area contributed by atoms with Gasteiger partial charge in [0.25, 0.3) is 5.56 Å². The monoisotopic (exact) mass is 341 g/mol. The quantitative estimate of drug-likeness (QED) is 0.913. The van der Waals surface area contributed by atoms with E-state index >= 15 is 0 Å². The van der Waals surface area contributed by atoms with E-state index in [9.17, 15) is 9.59 Å². The standard InChI is InChI=1S/C20H27N3O2/c1-20(2,3)23-9-8-15(23)12-22-18(24)16-10-13-6-4-5-7-14(13)11-17(16)21-19(22)25/h10-11,15H,4-9,12H2,1-3H3,(H,21,25). The molecule has 1 atom stereocenters. The van der Waals surface area contributed by atoms with E-state index in [1.165, 1.54) is 28.5 Å². The second-order valence-electron chi connectivity index (χ2n) is 8.53. The predicted octanol–water partition coefficient (Wildman–Crippen LogP) is 2.44. The maximum atomic E-state index is 13.0. The first-order chi connectivity index (χ1) is 11.8. The van der Waals surface area contributed by atoms with Gasteiger partial charge in [-0.15, -0.1) is 0 Å². The fourth-order valence-electron chi connectivity index (χ4n) is 4.38. The molecule has 134 valence electrons. The molecule has 0 radical (unpaired) electrons. The summed E-state index contributed by atoms with van der Waals surface area (Å²) in [5.74, 6) is 0. The van der Waals surface area contributed by atoms with Crippen molar-refractivity contribution in [3.63, 3.8) is 0 Å². The van der Waals surface area contributed by atoms with Crippen LogP contribution in [0.3, 0.4) is 0 Å². The van der Waals surface area contributed by atoms with E-state index in [1.807, 2.05) is 12.1 Å². The smallest absolute Gasteiger partial charge is 0.307 e. The molecule has 5 nitrogen and oxygen atoms in total. The van der Waals surface area contributed by atoms with Crippen LogP contribution in [0, 0.1) is 0 Å². The molecule has 1 aromatic carbocycles. The average Bonchev–Trinajstić information content (AvgIpc) is 2.50. The van der Waals surface area contributed by atoms with E-state index in [-0.39, 0.29) is 22.8 Å². The lowest BCUT2D eigenvalue weighted by atomic mass is 9.90. The number of hydrogen-bond acceptors (Lipinski definition) is 3. The lowest BCUT2D eigenvalue weighted by Crippen LogP contribution is -2.59. The van der Waals surface area contributed by atoms with Crippen molar-refractivity contribution in [2.75, 3.05) is 6.54 Å². The first kappa shape index (κ1) is 16.6. The first-order valence-electron chi connectivity index (χ1n) is 9.40. The molecule has 1 saturated heterocycles. The Morgan fingerprint density at radius 1 is 1.12 bits per heavy atom. The Balaban J connectivity index is 1.75. The largest absolute Gasteiger partial charge is 0.328 e. The molecule has 1 fully saturated rings. The van der Waals surface area contributed by atoms with Crippen LogP contribution in [-0.2, 0) is 19.4 Å². The number of aryl methyl sites for hydroxylation is 2. The van der Waals surface area contributed by atoms with Crippen molar-refractivity contribution in [2.45, 2.75) is 71.0 Å². The van der Waals surface area contributed by atoms with Gasteiger partial charge in [0.2, 0.25) is 0 Å². The highest BCUT2D eigenvalue weighted by molar-refractivity contribution is 5.79. The van der Waals surface area contributed by atoms with Crippen LogP contribution in [-0.4, -0.2) is 32.6 Å². The van der Waals surface area contributed by atoms with Gasteiger partial charge in [0.15, 0.2) is 0 Å². The van der Waals surface area contributed by atoms with Crippen LogP contribution in [0.2, 0.25) is 0 Å². The van der Waals surface area contributed by atoms with Crippen LogP contribution in [0.15, 0.2) is 21.7 Å². The third kappa shape index (κ3) is 2.84. The first-order valence-corrected chi connectivity index (χ1v) is 9.40. The number of nitrogens with zero attached hydrogens (tertiary/aromatic N) is 2. The Morgan fingerprint density at radius 3 is 2.40 bits per heavy atom. The predicted molar refractivity (Wildman–Crippen MR) is 100 cm³/mol. The lowest BCUT2D eigenvalue weighted by molar-refractivity contribution is -0.00777. The molecule has 1 aliphatic carbocycles. The molecule has 0 spiro atoms. The minimum Gasteiger partial charge on any atom is -0.307 e. The SMILES string of the molecule is CC(C)(C)N1CCC1Cn1c(=O)[nH]c2cc3c(cc2c1=O)CCCC3. The molecule has 25 heavy (non-hydrogen) atoms. The van der Waals surface area contributed by atoms with Gasteiger partial charge in [-0.25, -0.2) is 4.79 Å². The molecule has 4 rings (SSSR count). The van der Waals surface area contributed by atoms with Gasteiger partial charge >= 0.3 is 5.69 Å². The zero-order valence-electron chi connectivity index (χ0n) is 15.4. The number of likely N-dealkylation sites (tertiary alicyclic amines) is 1. The van der Waals surface area contributed by atoms with Crippen LogP contribution in [0.5, 0.6) is 0 Å². The van der Waals surface area contributed by atoms with Crippen LogP contribution in [0.1, 0.15) is 51.2 Å². The highest BCUT2D eigenvalue weighted by Crippen LogP contribution is 2.28. The zero-order valence-corrected chi connectivity index (χ0v) is 15.4. The van der Waals surface area contributed by atoms with Gasteiger partial charge in [0, 0.05) is 24.7 Å². The van der Waals surface area contributed by atoms with Crippen molar-refractivity contribution in [2.24, 2.45) is 0 Å². The molecule has 1 N–H and O–H groups in total. The second-order valence-corrected chi connectivity index (χ2v) is 8.53. The van der Waals surface area contributed by atoms with Crippen LogP contribution >= 0.6 is 0 Å². The Kier molecular flexibility index (Phi) is 3.87. The Hall–Kier alpha value is -1.88. The van der Waals surface area contributed by atoms with Crippen molar-refractivity contribution in [1.82, 2.24) is 14.5 Å². The third-order valence-corrected chi connectivity index (χ3v) is 5.84. The number of aromatic nitrogens is 2. The highest BCUT2D eigenvalue weighted by Gasteiger charge is 2.36. The molecule has 2 aromatic rings. The molecule has 5 heteroatoms. The number of hydrogen-bond donors (Lipinski definition) is 1. The van der Waals surface area contributed by atoms with Crippen molar-refractivity contribution >= 4 is 10.9 Å². The van der Waals surface area contributed by atoms with Crippen LogP contribution in [0.25, 0.3) is 10.9 Å². The summed E-state index contributed by atoms with van der Waals surface area (Å²) in [5.41, 5.74) is 2.88. The normalized spacial score (nSPS) is 21.2. The van der Waals surface area contributed by atoms with E-state index in [0.29, 0.717) is 17.4 Å². The Morgan fingerprint density at radius 2 is 1.80 bits per heavy atom. The summed E-state index contributed by atoms with van der Waals surface area (Å²) in [6.45, 7) is 8.04. The topological polar surface area (TPSA) is 58.1 Å². The molecular formula is C20H27N3O2. The van der Waals surface area contributed by atoms with Crippen LogP contribution in [0.4, 0.5) is 0 Å². The Bertz CT molecular complexity index is 933. The summed E-state index contributed by atoms with van der Waals surface area (Å²) < 4.78 is 1.40. The lowest BCUT2D eigenvalue weighted by Gasteiger charge is -2.49. The van der Waals surface area contributed by atoms with E-state index in [0.717, 1.165) is 25.8 Å². The molecule has 1 unspecified atom stereocenters. The van der Waals surface area contributed by atoms with E-state index in [2.05, 4.69) is 30.7 Å². The van der Waals surface area contributed by atoms with Gasteiger partial charge in [0.05, 0.1) is 10.9 Å². The summed E-state index contributed by atoms with van der Waals surface area (Å²) in [6.07, 6.45) is 5.47. The third-order valence-electron chi connectivity index (χ3n) is 5.84. The van der Waals surface area contributed by atoms with E-state index in [1.54, 1.807) is 0 Å². The van der Waals surface area contributed by atoms with Crippen molar-refractivity contribution < 1.29 is 0 Å².